The molecule has 0 fully saturated rings. The Balaban J connectivity index is 2.19. The van der Waals surface area contributed by atoms with Crippen molar-refractivity contribution in [3.05, 3.63) is 35.4 Å². The Morgan fingerprint density at radius 2 is 2.17 bits per heavy atom. The number of H-pyrrole nitrogens is 1. The lowest BCUT2D eigenvalue weighted by Gasteiger charge is -2.05. The molecule has 0 saturated heterocycles. The molecule has 0 unspecified atom stereocenters. The van der Waals surface area contributed by atoms with Crippen LogP contribution < -0.4 is 4.72 Å². The van der Waals surface area contributed by atoms with E-state index < -0.39 is 10.0 Å². The fourth-order valence-electron chi connectivity index (χ4n) is 1.61. The first-order valence-corrected chi connectivity index (χ1v) is 6.77. The van der Waals surface area contributed by atoms with Crippen LogP contribution in [0.5, 0.6) is 0 Å². The maximum absolute atomic E-state index is 12.1. The van der Waals surface area contributed by atoms with E-state index in [0.29, 0.717) is 17.1 Å². The highest BCUT2D eigenvalue weighted by Crippen LogP contribution is 2.16. The second kappa shape index (κ2) is 4.83. The van der Waals surface area contributed by atoms with Gasteiger partial charge < -0.3 is 0 Å². The number of hydrogen-bond acceptors (Lipinski definition) is 5. The highest BCUT2D eigenvalue weighted by atomic mass is 32.2. The predicted octanol–water partition coefficient (Wildman–Crippen LogP) is 0.295. The first kappa shape index (κ1) is 12.7. The summed E-state index contributed by atoms with van der Waals surface area (Å²) in [5.41, 5.74) is 1.51. The van der Waals surface area contributed by atoms with E-state index in [1.165, 1.54) is 6.20 Å². The van der Waals surface area contributed by atoms with Crippen molar-refractivity contribution in [1.82, 2.24) is 25.1 Å². The van der Waals surface area contributed by atoms with Gasteiger partial charge in [-0.3, -0.25) is 5.10 Å². The van der Waals surface area contributed by atoms with E-state index >= 15 is 0 Å². The predicted molar refractivity (Wildman–Crippen MR) is 64.1 cm³/mol. The smallest absolute Gasteiger partial charge is 0.244 e. The summed E-state index contributed by atoms with van der Waals surface area (Å²) in [4.78, 5) is 0.186. The molecule has 96 valence electrons. The topological polar surface area (TPSA) is 101 Å². The van der Waals surface area contributed by atoms with Crippen molar-refractivity contribution in [2.75, 3.05) is 0 Å². The van der Waals surface area contributed by atoms with Crippen molar-refractivity contribution >= 4 is 10.0 Å². The molecule has 2 heterocycles. The third-order valence-corrected chi connectivity index (χ3v) is 4.06. The van der Waals surface area contributed by atoms with E-state index in [0.717, 1.165) is 0 Å². The van der Waals surface area contributed by atoms with Gasteiger partial charge in [0.05, 0.1) is 23.6 Å². The number of aromatic amines is 1. The molecule has 2 aromatic rings. The quantitative estimate of drug-likeness (QED) is 0.829. The first-order valence-electron chi connectivity index (χ1n) is 5.28. The van der Waals surface area contributed by atoms with Gasteiger partial charge in [0.25, 0.3) is 0 Å². The van der Waals surface area contributed by atoms with Gasteiger partial charge in [0.2, 0.25) is 10.0 Å². The van der Waals surface area contributed by atoms with Crippen LogP contribution in [0.2, 0.25) is 0 Å². The molecule has 2 aromatic heterocycles. The molecular formula is C10H13N5O2S. The molecule has 0 atom stereocenters. The Bertz CT molecular complexity index is 616. The third-order valence-electron chi connectivity index (χ3n) is 2.40. The fraction of sp³-hybridized carbons (Fsp3) is 0.300. The standard InChI is InChI=1S/C10H13N5O2S/c1-7-10(8(2)14-13-7)18(16,17)12-6-9-4-3-5-11-15-9/h3-5,12H,6H2,1-2H3,(H,13,14). The molecule has 18 heavy (non-hydrogen) atoms. The largest absolute Gasteiger partial charge is 0.281 e. The summed E-state index contributed by atoms with van der Waals surface area (Å²) in [7, 11) is -3.59. The van der Waals surface area contributed by atoms with Crippen LogP contribution in [0.3, 0.4) is 0 Å². The molecule has 0 radical (unpaired) electrons. The molecule has 0 amide bonds. The van der Waals surface area contributed by atoms with Crippen molar-refractivity contribution in [2.24, 2.45) is 0 Å². The van der Waals surface area contributed by atoms with Gasteiger partial charge in [-0.2, -0.15) is 15.3 Å². The Kier molecular flexibility index (Phi) is 3.39. The van der Waals surface area contributed by atoms with Crippen LogP contribution in [0.4, 0.5) is 0 Å². The van der Waals surface area contributed by atoms with Gasteiger partial charge in [-0.15, -0.1) is 0 Å². The Morgan fingerprint density at radius 3 is 2.72 bits per heavy atom. The third kappa shape index (κ3) is 2.54. The number of nitrogens with one attached hydrogen (secondary N) is 2. The first-order chi connectivity index (χ1) is 8.50. The molecule has 0 bridgehead atoms. The molecule has 7 nitrogen and oxygen atoms in total. The van der Waals surface area contributed by atoms with Crippen LogP contribution in [-0.4, -0.2) is 28.8 Å². The Hall–Kier alpha value is -1.80. The number of aromatic nitrogens is 4. The van der Waals surface area contributed by atoms with Gasteiger partial charge >= 0.3 is 0 Å². The summed E-state index contributed by atoms with van der Waals surface area (Å²) >= 11 is 0. The normalized spacial score (nSPS) is 11.7. The van der Waals surface area contributed by atoms with Gasteiger partial charge in [-0.1, -0.05) is 0 Å². The molecule has 2 rings (SSSR count). The lowest BCUT2D eigenvalue weighted by Crippen LogP contribution is -2.24. The molecule has 0 aliphatic carbocycles. The lowest BCUT2D eigenvalue weighted by atomic mass is 10.4. The van der Waals surface area contributed by atoms with E-state index in [-0.39, 0.29) is 11.4 Å². The number of rotatable bonds is 4. The number of aryl methyl sites for hydroxylation is 2. The minimum absolute atomic E-state index is 0.0975. The minimum Gasteiger partial charge on any atom is -0.281 e. The summed E-state index contributed by atoms with van der Waals surface area (Å²) in [5, 5.41) is 14.0. The average Bonchev–Trinajstić information content (AvgIpc) is 2.69. The molecule has 0 aliphatic heterocycles. The van der Waals surface area contributed by atoms with Crippen LogP contribution in [0.25, 0.3) is 0 Å². The van der Waals surface area contributed by atoms with Crippen molar-refractivity contribution in [3.8, 4) is 0 Å². The van der Waals surface area contributed by atoms with Gasteiger partial charge in [-0.25, -0.2) is 13.1 Å². The fourth-order valence-corrected chi connectivity index (χ4v) is 2.97. The number of nitrogens with zero attached hydrogens (tertiary/aromatic N) is 3. The van der Waals surface area contributed by atoms with E-state index in [1.807, 2.05) is 0 Å². The summed E-state index contributed by atoms with van der Waals surface area (Å²) in [6, 6.07) is 3.40. The van der Waals surface area contributed by atoms with Crippen molar-refractivity contribution in [2.45, 2.75) is 25.3 Å². The van der Waals surface area contributed by atoms with E-state index in [1.54, 1.807) is 26.0 Å². The molecule has 2 N–H and O–H groups in total. The highest BCUT2D eigenvalue weighted by Gasteiger charge is 2.21. The second-order valence-corrected chi connectivity index (χ2v) is 5.51. The lowest BCUT2D eigenvalue weighted by molar-refractivity contribution is 0.578. The summed E-state index contributed by atoms with van der Waals surface area (Å²) in [5.74, 6) is 0. The van der Waals surface area contributed by atoms with E-state index in [2.05, 4.69) is 25.1 Å². The second-order valence-electron chi connectivity index (χ2n) is 3.80. The summed E-state index contributed by atoms with van der Waals surface area (Å²) < 4.78 is 26.6. The molecule has 0 saturated carbocycles. The van der Waals surface area contributed by atoms with E-state index in [4.69, 9.17) is 0 Å². The van der Waals surface area contributed by atoms with Crippen LogP contribution in [-0.2, 0) is 16.6 Å². The van der Waals surface area contributed by atoms with Crippen LogP contribution in [0.1, 0.15) is 17.1 Å². The van der Waals surface area contributed by atoms with Gasteiger partial charge in [0.1, 0.15) is 4.90 Å². The number of sulfonamides is 1. The van der Waals surface area contributed by atoms with E-state index in [9.17, 15) is 8.42 Å². The zero-order valence-corrected chi connectivity index (χ0v) is 10.8. The molecular weight excluding hydrogens is 254 g/mol. The summed E-state index contributed by atoms with van der Waals surface area (Å²) in [6.07, 6.45) is 1.53. The average molecular weight is 267 g/mol. The Morgan fingerprint density at radius 1 is 1.39 bits per heavy atom. The molecule has 8 heteroatoms. The van der Waals surface area contributed by atoms with Crippen molar-refractivity contribution in [1.29, 1.82) is 0 Å². The summed E-state index contributed by atoms with van der Waals surface area (Å²) in [6.45, 7) is 3.40. The van der Waals surface area contributed by atoms with Crippen molar-refractivity contribution in [3.63, 3.8) is 0 Å². The zero-order chi connectivity index (χ0) is 13.2. The molecule has 0 aromatic carbocycles. The van der Waals surface area contributed by atoms with Gasteiger partial charge in [-0.05, 0) is 26.0 Å². The van der Waals surface area contributed by atoms with Crippen LogP contribution >= 0.6 is 0 Å². The molecule has 0 aliphatic rings. The Labute approximate surface area is 105 Å². The maximum atomic E-state index is 12.1. The molecule has 0 spiro atoms. The van der Waals surface area contributed by atoms with Crippen LogP contribution in [0, 0.1) is 13.8 Å². The van der Waals surface area contributed by atoms with Crippen LogP contribution in [0.15, 0.2) is 23.2 Å². The zero-order valence-electron chi connectivity index (χ0n) is 10.0. The number of hydrogen-bond donors (Lipinski definition) is 2. The van der Waals surface area contributed by atoms with Gasteiger partial charge in [0, 0.05) is 6.20 Å². The highest BCUT2D eigenvalue weighted by molar-refractivity contribution is 7.89. The van der Waals surface area contributed by atoms with Crippen molar-refractivity contribution < 1.29 is 8.42 Å². The van der Waals surface area contributed by atoms with Gasteiger partial charge in [0.15, 0.2) is 0 Å². The SMILES string of the molecule is Cc1n[nH]c(C)c1S(=O)(=O)NCc1cccnn1. The maximum Gasteiger partial charge on any atom is 0.244 e. The minimum atomic E-state index is -3.59. The monoisotopic (exact) mass is 267 g/mol.